The molecule has 4 unspecified atom stereocenters. The van der Waals surface area contributed by atoms with Gasteiger partial charge in [-0.1, -0.05) is 12.8 Å². The van der Waals surface area contributed by atoms with Crippen LogP contribution in [0, 0.1) is 12.3 Å². The van der Waals surface area contributed by atoms with E-state index in [-0.39, 0.29) is 6.42 Å². The summed E-state index contributed by atoms with van der Waals surface area (Å²) in [4.78, 5) is 11.4. The number of ether oxygens (including phenoxy) is 4. The molecule has 6 N–H and O–H groups in total. The van der Waals surface area contributed by atoms with Crippen LogP contribution < -0.4 is 0 Å². The van der Waals surface area contributed by atoms with Gasteiger partial charge in [0.1, 0.15) is 55.8 Å². The van der Waals surface area contributed by atoms with Crippen molar-refractivity contribution >= 4 is 5.97 Å². The number of aliphatic hydroxyl groups is 6. The van der Waals surface area contributed by atoms with Gasteiger partial charge >= 0.3 is 5.97 Å². The van der Waals surface area contributed by atoms with Gasteiger partial charge in [0.15, 0.2) is 12.6 Å². The molecule has 0 radical (unpaired) electrons. The van der Waals surface area contributed by atoms with Gasteiger partial charge in [0.25, 0.3) is 0 Å². The van der Waals surface area contributed by atoms with E-state index in [1.54, 1.807) is 6.92 Å². The predicted molar refractivity (Wildman–Crippen MR) is 89.1 cm³/mol. The number of hydrogen-bond acceptors (Lipinski definition) is 11. The van der Waals surface area contributed by atoms with Gasteiger partial charge in [-0.15, -0.1) is 6.42 Å². The molecule has 2 heterocycles. The summed E-state index contributed by atoms with van der Waals surface area (Å²) in [6, 6.07) is 0. The number of carbonyl (C=O) groups is 1. The minimum Gasteiger partial charge on any atom is -0.462 e. The molecule has 0 aromatic rings. The van der Waals surface area contributed by atoms with E-state index < -0.39 is 74.0 Å². The van der Waals surface area contributed by atoms with Gasteiger partial charge in [-0.05, 0) is 6.42 Å². The van der Waals surface area contributed by atoms with Crippen LogP contribution >= 0.6 is 0 Å². The molecule has 0 aromatic carbocycles. The molecule has 160 valence electrons. The van der Waals surface area contributed by atoms with Gasteiger partial charge in [0.2, 0.25) is 0 Å². The molecule has 2 rings (SSSR count). The highest BCUT2D eigenvalue weighted by Crippen LogP contribution is 2.29. The van der Waals surface area contributed by atoms with Crippen LogP contribution in [0.1, 0.15) is 19.8 Å². The van der Waals surface area contributed by atoms with Gasteiger partial charge in [0, 0.05) is 0 Å². The van der Waals surface area contributed by atoms with Gasteiger partial charge < -0.3 is 49.6 Å². The number of terminal acetylenes is 1. The molecule has 11 heteroatoms. The SMILES string of the molecule is C#CCC(=O)OCC1O[C@H](O[C@H]2OC(CC)[C@@H](O)C(O)[C@H]2O)C(O)[C@@H](O)[C@@H]1O. The molecule has 2 fully saturated rings. The van der Waals surface area contributed by atoms with Crippen LogP contribution in [0.15, 0.2) is 0 Å². The zero-order chi connectivity index (χ0) is 21.0. The molecule has 0 spiro atoms. The first-order valence-corrected chi connectivity index (χ1v) is 8.85. The Bertz CT molecular complexity index is 562. The van der Waals surface area contributed by atoms with E-state index in [0.29, 0.717) is 6.42 Å². The fourth-order valence-corrected chi connectivity index (χ4v) is 2.97. The third kappa shape index (κ3) is 4.98. The molecule has 2 aliphatic heterocycles. The molecule has 0 amide bonds. The third-order valence-corrected chi connectivity index (χ3v) is 4.66. The van der Waals surface area contributed by atoms with Crippen molar-refractivity contribution in [3.05, 3.63) is 0 Å². The first kappa shape index (κ1) is 23.0. The number of esters is 1. The quantitative estimate of drug-likeness (QED) is 0.191. The number of rotatable bonds is 6. The average Bonchev–Trinajstić information content (AvgIpc) is 2.67. The Kier molecular flexibility index (Phi) is 8.14. The zero-order valence-electron chi connectivity index (χ0n) is 15.2. The van der Waals surface area contributed by atoms with Gasteiger partial charge in [-0.3, -0.25) is 4.79 Å². The fraction of sp³-hybridized carbons (Fsp3) is 0.824. The van der Waals surface area contributed by atoms with Crippen molar-refractivity contribution in [1.29, 1.82) is 0 Å². The first-order valence-electron chi connectivity index (χ1n) is 8.85. The lowest BCUT2D eigenvalue weighted by Crippen LogP contribution is -2.63. The Hall–Kier alpha value is -1.33. The largest absolute Gasteiger partial charge is 0.462 e. The maximum Gasteiger partial charge on any atom is 0.318 e. The highest BCUT2D eigenvalue weighted by atomic mass is 16.8. The van der Waals surface area contributed by atoms with Crippen LogP contribution in [0.4, 0.5) is 0 Å². The van der Waals surface area contributed by atoms with Crippen molar-refractivity contribution in [3.8, 4) is 12.3 Å². The summed E-state index contributed by atoms with van der Waals surface area (Å²) < 4.78 is 20.9. The maximum atomic E-state index is 11.4. The molecular weight excluding hydrogens is 380 g/mol. The smallest absolute Gasteiger partial charge is 0.318 e. The third-order valence-electron chi connectivity index (χ3n) is 4.66. The molecule has 28 heavy (non-hydrogen) atoms. The summed E-state index contributed by atoms with van der Waals surface area (Å²) in [5.41, 5.74) is 0. The van der Waals surface area contributed by atoms with Crippen LogP contribution in [0.25, 0.3) is 0 Å². The zero-order valence-corrected chi connectivity index (χ0v) is 15.2. The minimum atomic E-state index is -1.73. The maximum absolute atomic E-state index is 11.4. The second kappa shape index (κ2) is 9.93. The highest BCUT2D eigenvalue weighted by molar-refractivity contribution is 5.72. The van der Waals surface area contributed by atoms with Crippen LogP contribution in [-0.2, 0) is 23.7 Å². The summed E-state index contributed by atoms with van der Waals surface area (Å²) in [7, 11) is 0. The van der Waals surface area contributed by atoms with E-state index in [1.165, 1.54) is 0 Å². The summed E-state index contributed by atoms with van der Waals surface area (Å²) in [6.07, 6.45) is -9.81. The van der Waals surface area contributed by atoms with E-state index in [9.17, 15) is 35.4 Å². The average molecular weight is 406 g/mol. The Balaban J connectivity index is 2.04. The summed E-state index contributed by atoms with van der Waals surface area (Å²) in [5, 5.41) is 60.0. The van der Waals surface area contributed by atoms with Gasteiger partial charge in [-0.2, -0.15) is 0 Å². The number of carbonyl (C=O) groups excluding carboxylic acids is 1. The predicted octanol–water partition coefficient (Wildman–Crippen LogP) is -3.41. The molecule has 0 aliphatic carbocycles. The van der Waals surface area contributed by atoms with Gasteiger partial charge in [-0.25, -0.2) is 0 Å². The molecule has 11 nitrogen and oxygen atoms in total. The molecule has 10 atom stereocenters. The minimum absolute atomic E-state index is 0.297. The first-order chi connectivity index (χ1) is 13.2. The van der Waals surface area contributed by atoms with Crippen molar-refractivity contribution in [2.75, 3.05) is 6.61 Å². The van der Waals surface area contributed by atoms with E-state index in [4.69, 9.17) is 25.4 Å². The van der Waals surface area contributed by atoms with Crippen molar-refractivity contribution in [3.63, 3.8) is 0 Å². The van der Waals surface area contributed by atoms with Crippen molar-refractivity contribution in [1.82, 2.24) is 0 Å². The van der Waals surface area contributed by atoms with E-state index in [1.807, 2.05) is 0 Å². The molecule has 0 bridgehead atoms. The molecule has 0 saturated carbocycles. The summed E-state index contributed by atoms with van der Waals surface area (Å²) in [6.45, 7) is 1.21. The molecule has 2 saturated heterocycles. The lowest BCUT2D eigenvalue weighted by molar-refractivity contribution is -0.375. The Labute approximate surface area is 161 Å². The van der Waals surface area contributed by atoms with Crippen molar-refractivity contribution in [2.24, 2.45) is 0 Å². The summed E-state index contributed by atoms with van der Waals surface area (Å²) in [5.74, 6) is 1.34. The number of aliphatic hydroxyl groups excluding tert-OH is 6. The second-order valence-electron chi connectivity index (χ2n) is 6.64. The molecule has 2 aliphatic rings. The molecular formula is C17H26O11. The van der Waals surface area contributed by atoms with Gasteiger partial charge in [0.05, 0.1) is 6.10 Å². The lowest BCUT2D eigenvalue weighted by atomic mass is 9.97. The fourth-order valence-electron chi connectivity index (χ4n) is 2.97. The standard InChI is InChI=1S/C17H26O11/c1-3-5-9(18)25-6-8-11(20)13(22)15(24)17(27-8)28-16-14(23)12(21)10(19)7(4-2)26-16/h1,7-8,10-17,19-24H,4-6H2,2H3/t7?,8?,10-,11-,12?,13+,14-,15?,16-,17-/m1/s1. The highest BCUT2D eigenvalue weighted by Gasteiger charge is 2.49. The molecule has 0 aromatic heterocycles. The lowest BCUT2D eigenvalue weighted by Gasteiger charge is -2.44. The van der Waals surface area contributed by atoms with Crippen molar-refractivity contribution in [2.45, 2.75) is 81.2 Å². The van der Waals surface area contributed by atoms with E-state index in [2.05, 4.69) is 5.92 Å². The monoisotopic (exact) mass is 406 g/mol. The normalized spacial score (nSPS) is 43.9. The summed E-state index contributed by atoms with van der Waals surface area (Å²) >= 11 is 0. The topological polar surface area (TPSA) is 175 Å². The van der Waals surface area contributed by atoms with Crippen LogP contribution in [-0.4, -0.2) is 105 Å². The number of hydrogen-bond donors (Lipinski definition) is 6. The van der Waals surface area contributed by atoms with E-state index in [0.717, 1.165) is 0 Å². The Morgan fingerprint density at radius 1 is 0.893 bits per heavy atom. The van der Waals surface area contributed by atoms with Crippen molar-refractivity contribution < 1.29 is 54.4 Å². The van der Waals surface area contributed by atoms with E-state index >= 15 is 0 Å². The Morgan fingerprint density at radius 3 is 1.89 bits per heavy atom. The van der Waals surface area contributed by atoms with Crippen LogP contribution in [0.2, 0.25) is 0 Å². The van der Waals surface area contributed by atoms with Crippen LogP contribution in [0.3, 0.4) is 0 Å². The Morgan fingerprint density at radius 2 is 1.39 bits per heavy atom. The second-order valence-corrected chi connectivity index (χ2v) is 6.64. The van der Waals surface area contributed by atoms with Crippen LogP contribution in [0.5, 0.6) is 0 Å².